The molecule has 8 nitrogen and oxygen atoms in total. The zero-order valence-electron chi connectivity index (χ0n) is 12.5. The molecule has 0 saturated heterocycles. The SMILES string of the molecule is O=C(Nc1ccc2c(c1)B(O)OC2)c1cn(-c2cccnc2)nn1. The number of hydrogen-bond donors (Lipinski definition) is 2. The predicted molar refractivity (Wildman–Crippen MR) is 85.9 cm³/mol. The van der Waals surface area contributed by atoms with Crippen molar-refractivity contribution in [1.82, 2.24) is 20.0 Å². The number of nitrogens with one attached hydrogen (secondary N) is 1. The molecule has 9 heteroatoms. The lowest BCUT2D eigenvalue weighted by Crippen LogP contribution is -2.28. The fourth-order valence-electron chi connectivity index (χ4n) is 2.47. The van der Waals surface area contributed by atoms with Crippen LogP contribution < -0.4 is 10.8 Å². The van der Waals surface area contributed by atoms with Gasteiger partial charge in [-0.05, 0) is 35.3 Å². The van der Waals surface area contributed by atoms with Crippen LogP contribution in [-0.2, 0) is 11.3 Å². The van der Waals surface area contributed by atoms with Gasteiger partial charge in [0.05, 0.1) is 24.7 Å². The van der Waals surface area contributed by atoms with Crippen LogP contribution in [0.15, 0.2) is 48.9 Å². The molecule has 0 saturated carbocycles. The number of fused-ring (bicyclic) bond motifs is 1. The maximum Gasteiger partial charge on any atom is 0.491 e. The molecule has 0 aliphatic carbocycles. The van der Waals surface area contributed by atoms with Crippen LogP contribution in [0.1, 0.15) is 16.1 Å². The summed E-state index contributed by atoms with van der Waals surface area (Å²) < 4.78 is 6.61. The highest BCUT2D eigenvalue weighted by Crippen LogP contribution is 2.15. The first-order valence-electron chi connectivity index (χ1n) is 7.27. The van der Waals surface area contributed by atoms with Gasteiger partial charge in [0, 0.05) is 11.9 Å². The largest absolute Gasteiger partial charge is 0.491 e. The summed E-state index contributed by atoms with van der Waals surface area (Å²) in [5.41, 5.74) is 3.01. The Labute approximate surface area is 137 Å². The second-order valence-electron chi connectivity index (χ2n) is 5.29. The number of anilines is 1. The van der Waals surface area contributed by atoms with Gasteiger partial charge >= 0.3 is 7.12 Å². The van der Waals surface area contributed by atoms with E-state index in [1.165, 1.54) is 10.9 Å². The number of pyridine rings is 1. The Morgan fingerprint density at radius 2 is 2.29 bits per heavy atom. The number of hydrogen-bond acceptors (Lipinski definition) is 6. The molecule has 1 aliphatic heterocycles. The number of carbonyl (C=O) groups excluding carboxylic acids is 1. The van der Waals surface area contributed by atoms with Crippen LogP contribution in [0.5, 0.6) is 0 Å². The lowest BCUT2D eigenvalue weighted by molar-refractivity contribution is 0.102. The van der Waals surface area contributed by atoms with Crippen molar-refractivity contribution < 1.29 is 14.5 Å². The average molecular weight is 321 g/mol. The Hall–Kier alpha value is -3.04. The van der Waals surface area contributed by atoms with Gasteiger partial charge in [-0.25, -0.2) is 4.68 Å². The quantitative estimate of drug-likeness (QED) is 0.665. The predicted octanol–water partition coefficient (Wildman–Crippen LogP) is 0.132. The van der Waals surface area contributed by atoms with E-state index in [1.807, 2.05) is 12.1 Å². The highest BCUT2D eigenvalue weighted by Gasteiger charge is 2.27. The van der Waals surface area contributed by atoms with Gasteiger partial charge in [-0.3, -0.25) is 9.78 Å². The van der Waals surface area contributed by atoms with Gasteiger partial charge in [-0.1, -0.05) is 11.3 Å². The molecule has 0 atom stereocenters. The number of benzene rings is 1. The normalized spacial score (nSPS) is 13.0. The van der Waals surface area contributed by atoms with Gasteiger partial charge in [0.25, 0.3) is 5.91 Å². The van der Waals surface area contributed by atoms with E-state index in [-0.39, 0.29) is 5.69 Å². The van der Waals surface area contributed by atoms with E-state index in [1.54, 1.807) is 30.6 Å². The second-order valence-corrected chi connectivity index (χ2v) is 5.29. The fraction of sp³-hybridized carbons (Fsp3) is 0.0667. The summed E-state index contributed by atoms with van der Waals surface area (Å²) >= 11 is 0. The van der Waals surface area contributed by atoms with Crippen molar-refractivity contribution in [3.63, 3.8) is 0 Å². The maximum absolute atomic E-state index is 12.3. The van der Waals surface area contributed by atoms with Crippen LogP contribution in [0.25, 0.3) is 5.69 Å². The molecule has 3 heterocycles. The molecule has 0 unspecified atom stereocenters. The van der Waals surface area contributed by atoms with E-state index in [9.17, 15) is 9.82 Å². The zero-order chi connectivity index (χ0) is 16.5. The van der Waals surface area contributed by atoms with E-state index in [4.69, 9.17) is 4.65 Å². The van der Waals surface area contributed by atoms with Crippen molar-refractivity contribution in [2.24, 2.45) is 0 Å². The van der Waals surface area contributed by atoms with Crippen molar-refractivity contribution in [3.05, 3.63) is 60.2 Å². The second kappa shape index (κ2) is 5.87. The third-order valence-corrected chi connectivity index (χ3v) is 3.70. The molecule has 3 aromatic rings. The van der Waals surface area contributed by atoms with Crippen molar-refractivity contribution in [2.75, 3.05) is 5.32 Å². The molecule has 0 fully saturated rings. The summed E-state index contributed by atoms with van der Waals surface area (Å²) in [4.78, 5) is 16.3. The third-order valence-electron chi connectivity index (χ3n) is 3.70. The molecule has 0 radical (unpaired) electrons. The Bertz CT molecular complexity index is 899. The first-order chi connectivity index (χ1) is 11.7. The smallest absolute Gasteiger partial charge is 0.423 e. The molecule has 4 rings (SSSR count). The third kappa shape index (κ3) is 2.66. The van der Waals surface area contributed by atoms with E-state index in [0.29, 0.717) is 23.4 Å². The summed E-state index contributed by atoms with van der Waals surface area (Å²) in [6, 6.07) is 8.84. The number of carbonyl (C=O) groups is 1. The van der Waals surface area contributed by atoms with Gasteiger partial charge in [0.1, 0.15) is 0 Å². The van der Waals surface area contributed by atoms with Crippen LogP contribution in [0.3, 0.4) is 0 Å². The minimum Gasteiger partial charge on any atom is -0.423 e. The Morgan fingerprint density at radius 1 is 1.38 bits per heavy atom. The number of amides is 1. The summed E-state index contributed by atoms with van der Waals surface area (Å²) in [5.74, 6) is -0.390. The molecule has 1 aromatic carbocycles. The van der Waals surface area contributed by atoms with Crippen LogP contribution in [0, 0.1) is 0 Å². The zero-order valence-corrected chi connectivity index (χ0v) is 12.5. The highest BCUT2D eigenvalue weighted by molar-refractivity contribution is 6.61. The molecule has 118 valence electrons. The minimum atomic E-state index is -0.955. The summed E-state index contributed by atoms with van der Waals surface area (Å²) in [5, 5.41) is 20.3. The lowest BCUT2D eigenvalue weighted by Gasteiger charge is -2.05. The van der Waals surface area contributed by atoms with E-state index in [2.05, 4.69) is 20.6 Å². The Morgan fingerprint density at radius 3 is 3.12 bits per heavy atom. The van der Waals surface area contributed by atoms with Crippen molar-refractivity contribution >= 4 is 24.2 Å². The summed E-state index contributed by atoms with van der Waals surface area (Å²) in [6.07, 6.45) is 4.80. The molecule has 24 heavy (non-hydrogen) atoms. The first-order valence-corrected chi connectivity index (χ1v) is 7.27. The van der Waals surface area contributed by atoms with Crippen molar-refractivity contribution in [2.45, 2.75) is 6.61 Å². The fourth-order valence-corrected chi connectivity index (χ4v) is 2.47. The van der Waals surface area contributed by atoms with Gasteiger partial charge in [0.15, 0.2) is 5.69 Å². The summed E-state index contributed by atoms with van der Waals surface area (Å²) in [7, 11) is -0.955. The van der Waals surface area contributed by atoms with E-state index < -0.39 is 13.0 Å². The molecule has 1 aliphatic rings. The molecular formula is C15H12BN5O3. The molecule has 1 amide bonds. The van der Waals surface area contributed by atoms with Gasteiger partial charge in [-0.15, -0.1) is 5.10 Å². The van der Waals surface area contributed by atoms with Crippen molar-refractivity contribution in [3.8, 4) is 5.69 Å². The topological polar surface area (TPSA) is 102 Å². The molecule has 2 N–H and O–H groups in total. The monoisotopic (exact) mass is 321 g/mol. The van der Waals surface area contributed by atoms with Gasteiger partial charge in [0.2, 0.25) is 0 Å². The Balaban J connectivity index is 1.53. The van der Waals surface area contributed by atoms with Crippen molar-refractivity contribution in [1.29, 1.82) is 0 Å². The number of rotatable bonds is 3. The molecular weight excluding hydrogens is 309 g/mol. The van der Waals surface area contributed by atoms with Crippen LogP contribution in [-0.4, -0.2) is 38.0 Å². The molecule has 2 aromatic heterocycles. The summed E-state index contributed by atoms with van der Waals surface area (Å²) in [6.45, 7) is 0.365. The minimum absolute atomic E-state index is 0.177. The van der Waals surface area contributed by atoms with E-state index in [0.717, 1.165) is 5.56 Å². The Kier molecular flexibility index (Phi) is 3.56. The molecule has 0 bridgehead atoms. The van der Waals surface area contributed by atoms with Crippen LogP contribution in [0.2, 0.25) is 0 Å². The highest BCUT2D eigenvalue weighted by atomic mass is 16.5. The average Bonchev–Trinajstić information content (AvgIpc) is 3.24. The van der Waals surface area contributed by atoms with Gasteiger partial charge in [-0.2, -0.15) is 0 Å². The lowest BCUT2D eigenvalue weighted by atomic mass is 9.79. The first kappa shape index (κ1) is 14.6. The van der Waals surface area contributed by atoms with E-state index >= 15 is 0 Å². The number of aromatic nitrogens is 4. The number of nitrogens with zero attached hydrogens (tertiary/aromatic N) is 4. The maximum atomic E-state index is 12.3. The van der Waals surface area contributed by atoms with Crippen LogP contribution in [0.4, 0.5) is 5.69 Å². The molecule has 0 spiro atoms. The van der Waals surface area contributed by atoms with Crippen LogP contribution >= 0.6 is 0 Å². The standard InChI is InChI=1S/C15H12BN5O3/c22-15(14-8-21(20-19-14)12-2-1-5-17-7-12)18-11-4-3-10-9-24-16(23)13(10)6-11/h1-8,23H,9H2,(H,18,22). The van der Waals surface area contributed by atoms with Gasteiger partial charge < -0.3 is 15.0 Å².